The van der Waals surface area contributed by atoms with Crippen molar-refractivity contribution in [3.05, 3.63) is 33.9 Å². The highest BCUT2D eigenvalue weighted by atomic mass is 16.3. The summed E-state index contributed by atoms with van der Waals surface area (Å²) in [6, 6.07) is 0. The Morgan fingerprint density at radius 1 is 1.35 bits per heavy atom. The fraction of sp³-hybridized carbons (Fsp3) is 0.529. The molecule has 1 saturated carbocycles. The van der Waals surface area contributed by atoms with Gasteiger partial charge in [-0.1, -0.05) is 5.57 Å². The maximum absolute atomic E-state index is 12.6. The molecule has 0 saturated heterocycles. The van der Waals surface area contributed by atoms with Crippen molar-refractivity contribution >= 4 is 12.1 Å². The van der Waals surface area contributed by atoms with Crippen molar-refractivity contribution in [1.29, 1.82) is 0 Å². The largest absolute Gasteiger partial charge is 0.381 e. The summed E-state index contributed by atoms with van der Waals surface area (Å²) in [4.78, 5) is 23.3. The first kappa shape index (κ1) is 13.5. The van der Waals surface area contributed by atoms with Gasteiger partial charge >= 0.3 is 0 Å². The minimum absolute atomic E-state index is 0.156. The summed E-state index contributed by atoms with van der Waals surface area (Å²) in [5.41, 5.74) is 3.30. The third-order valence-corrected chi connectivity index (χ3v) is 5.38. The summed E-state index contributed by atoms with van der Waals surface area (Å²) < 4.78 is 0. The van der Waals surface area contributed by atoms with Gasteiger partial charge in [0.1, 0.15) is 11.9 Å². The summed E-state index contributed by atoms with van der Waals surface area (Å²) in [6.45, 7) is 5.67. The lowest BCUT2D eigenvalue weighted by Gasteiger charge is -2.39. The predicted octanol–water partition coefficient (Wildman–Crippen LogP) is 2.65. The molecule has 0 aromatic carbocycles. The zero-order valence-electron chi connectivity index (χ0n) is 12.2. The van der Waals surface area contributed by atoms with Crippen molar-refractivity contribution in [3.63, 3.8) is 0 Å². The lowest BCUT2D eigenvalue weighted by molar-refractivity contribution is -0.137. The third-order valence-electron chi connectivity index (χ3n) is 5.38. The van der Waals surface area contributed by atoms with Gasteiger partial charge in [-0.3, -0.25) is 4.79 Å². The Kier molecular flexibility index (Phi) is 2.71. The summed E-state index contributed by atoms with van der Waals surface area (Å²) in [5.74, 6) is -0.156. The first-order chi connectivity index (χ1) is 9.37. The van der Waals surface area contributed by atoms with Gasteiger partial charge in [-0.05, 0) is 62.8 Å². The number of hydrogen-bond donors (Lipinski definition) is 1. The Morgan fingerprint density at radius 2 is 2.00 bits per heavy atom. The van der Waals surface area contributed by atoms with Crippen molar-refractivity contribution in [1.82, 2.24) is 0 Å². The molecule has 20 heavy (non-hydrogen) atoms. The molecule has 3 heteroatoms. The van der Waals surface area contributed by atoms with Crippen LogP contribution in [-0.2, 0) is 9.59 Å². The summed E-state index contributed by atoms with van der Waals surface area (Å²) in [7, 11) is 0. The lowest BCUT2D eigenvalue weighted by Crippen LogP contribution is -2.49. The van der Waals surface area contributed by atoms with E-state index in [0.29, 0.717) is 18.4 Å². The number of rotatable bonds is 3. The van der Waals surface area contributed by atoms with Crippen LogP contribution in [0.5, 0.6) is 0 Å². The molecule has 3 rings (SSSR count). The molecule has 0 radical (unpaired) electrons. The highest BCUT2D eigenvalue weighted by Gasteiger charge is 2.64. The van der Waals surface area contributed by atoms with Crippen LogP contribution in [0, 0.1) is 5.41 Å². The normalized spacial score (nSPS) is 30.8. The van der Waals surface area contributed by atoms with Crippen molar-refractivity contribution < 1.29 is 14.7 Å². The maximum Gasteiger partial charge on any atom is 0.195 e. The Morgan fingerprint density at radius 3 is 2.55 bits per heavy atom. The van der Waals surface area contributed by atoms with Gasteiger partial charge in [-0.15, -0.1) is 0 Å². The van der Waals surface area contributed by atoms with Crippen LogP contribution >= 0.6 is 0 Å². The van der Waals surface area contributed by atoms with Crippen LogP contribution in [0.1, 0.15) is 46.5 Å². The molecular weight excluding hydrogens is 252 g/mol. The minimum atomic E-state index is -1.28. The molecule has 0 amide bonds. The number of allylic oxidation sites excluding steroid dienone is 4. The molecule has 3 nitrogen and oxygen atoms in total. The van der Waals surface area contributed by atoms with Crippen molar-refractivity contribution in [2.45, 2.75) is 52.1 Å². The first-order valence-electron chi connectivity index (χ1n) is 7.21. The number of aldehydes is 1. The van der Waals surface area contributed by atoms with E-state index in [1.54, 1.807) is 6.92 Å². The Labute approximate surface area is 119 Å². The lowest BCUT2D eigenvalue weighted by atomic mass is 9.67. The van der Waals surface area contributed by atoms with E-state index in [9.17, 15) is 14.7 Å². The van der Waals surface area contributed by atoms with Crippen LogP contribution in [0.4, 0.5) is 0 Å². The zero-order chi connectivity index (χ0) is 14.7. The first-order valence-corrected chi connectivity index (χ1v) is 7.21. The number of fused-ring (bicyclic) bond motifs is 1. The number of aliphatic hydroxyl groups is 1. The van der Waals surface area contributed by atoms with Crippen LogP contribution in [0.25, 0.3) is 0 Å². The van der Waals surface area contributed by atoms with Crippen LogP contribution < -0.4 is 0 Å². The zero-order valence-corrected chi connectivity index (χ0v) is 12.2. The smallest absolute Gasteiger partial charge is 0.195 e. The van der Waals surface area contributed by atoms with E-state index < -0.39 is 5.60 Å². The summed E-state index contributed by atoms with van der Waals surface area (Å²) >= 11 is 0. The van der Waals surface area contributed by atoms with Gasteiger partial charge in [0, 0.05) is 17.4 Å². The van der Waals surface area contributed by atoms with Gasteiger partial charge in [0.25, 0.3) is 0 Å². The minimum Gasteiger partial charge on any atom is -0.381 e. The highest BCUT2D eigenvalue weighted by Crippen LogP contribution is 2.65. The molecule has 1 N–H and O–H groups in total. The van der Waals surface area contributed by atoms with E-state index in [1.165, 1.54) is 0 Å². The van der Waals surface area contributed by atoms with E-state index in [1.807, 2.05) is 19.9 Å². The summed E-state index contributed by atoms with van der Waals surface area (Å²) in [6.07, 6.45) is 5.69. The molecule has 3 aliphatic carbocycles. The van der Waals surface area contributed by atoms with Gasteiger partial charge in [-0.2, -0.15) is 0 Å². The van der Waals surface area contributed by atoms with E-state index in [-0.39, 0.29) is 11.2 Å². The van der Waals surface area contributed by atoms with E-state index in [4.69, 9.17) is 0 Å². The molecule has 3 aliphatic rings. The molecule has 106 valence electrons. The SMILES string of the molecule is CC1=C(CCC=O)C2=C(C)C3(CC3)[C@@](C)(O)C(=O)C2=C1. The highest BCUT2D eigenvalue weighted by molar-refractivity contribution is 6.10. The number of Topliss-reactive ketones (excluding diaryl/α,β-unsaturated/α-hetero) is 1. The molecular formula is C17H20O3. The van der Waals surface area contributed by atoms with Crippen molar-refractivity contribution in [2.75, 3.05) is 0 Å². The molecule has 0 heterocycles. The third kappa shape index (κ3) is 1.44. The monoisotopic (exact) mass is 272 g/mol. The second-order valence-electron chi connectivity index (χ2n) is 6.41. The fourth-order valence-corrected chi connectivity index (χ4v) is 3.94. The van der Waals surface area contributed by atoms with Crippen LogP contribution in [0.2, 0.25) is 0 Å². The second kappa shape index (κ2) is 4.01. The van der Waals surface area contributed by atoms with Crippen LogP contribution in [0.3, 0.4) is 0 Å². The molecule has 1 spiro atoms. The molecule has 0 aromatic heterocycles. The van der Waals surface area contributed by atoms with E-state index >= 15 is 0 Å². The number of carbonyl (C=O) groups is 2. The van der Waals surface area contributed by atoms with Gasteiger partial charge < -0.3 is 9.90 Å². The Hall–Kier alpha value is -1.48. The molecule has 0 bridgehead atoms. The molecule has 0 unspecified atom stereocenters. The molecule has 1 fully saturated rings. The predicted molar refractivity (Wildman–Crippen MR) is 76.1 cm³/mol. The average molecular weight is 272 g/mol. The summed E-state index contributed by atoms with van der Waals surface area (Å²) in [5, 5.41) is 10.7. The second-order valence-corrected chi connectivity index (χ2v) is 6.41. The van der Waals surface area contributed by atoms with Gasteiger partial charge in [0.2, 0.25) is 0 Å². The van der Waals surface area contributed by atoms with Crippen LogP contribution in [0.15, 0.2) is 33.9 Å². The topological polar surface area (TPSA) is 54.4 Å². The fourth-order valence-electron chi connectivity index (χ4n) is 3.94. The molecule has 0 aromatic rings. The molecule has 0 aliphatic heterocycles. The van der Waals surface area contributed by atoms with Crippen molar-refractivity contribution in [3.8, 4) is 0 Å². The maximum atomic E-state index is 12.6. The van der Waals surface area contributed by atoms with E-state index in [2.05, 4.69) is 0 Å². The standard InChI is InChI=1S/C17H20O3/c1-10-9-13-14(12(10)5-4-8-18)11(2)17(6-7-17)16(3,20)15(13)19/h8-9,20H,4-7H2,1-3H3/t16-/m0/s1. The Balaban J connectivity index is 2.15. The Bertz CT molecular complexity index is 610. The average Bonchev–Trinajstić information content (AvgIpc) is 3.14. The van der Waals surface area contributed by atoms with Crippen LogP contribution in [-0.4, -0.2) is 22.8 Å². The quantitative estimate of drug-likeness (QED) is 0.804. The van der Waals surface area contributed by atoms with Gasteiger partial charge in [-0.25, -0.2) is 0 Å². The number of hydrogen-bond acceptors (Lipinski definition) is 3. The van der Waals surface area contributed by atoms with Crippen molar-refractivity contribution in [2.24, 2.45) is 5.41 Å². The number of carbonyl (C=O) groups excluding carboxylic acids is 2. The van der Waals surface area contributed by atoms with E-state index in [0.717, 1.165) is 41.4 Å². The van der Waals surface area contributed by atoms with Gasteiger partial charge in [0.05, 0.1) is 0 Å². The number of ketones is 1. The molecule has 1 atom stereocenters. The van der Waals surface area contributed by atoms with Gasteiger partial charge in [0.15, 0.2) is 5.78 Å².